The number of hydrogen-bond acceptors (Lipinski definition) is 1. The molecule has 11 rings (SSSR count). The van der Waals surface area contributed by atoms with Crippen LogP contribution < -0.4 is 0 Å². The highest BCUT2D eigenvalue weighted by Crippen LogP contribution is 2.44. The predicted molar refractivity (Wildman–Crippen MR) is 219 cm³/mol. The molecule has 11 aromatic rings. The minimum Gasteiger partial charge on any atom is -0.307 e. The van der Waals surface area contributed by atoms with Crippen LogP contribution in [0.4, 0.5) is 0 Å². The number of thiophene rings is 1. The van der Waals surface area contributed by atoms with E-state index in [2.05, 4.69) is 191 Å². The van der Waals surface area contributed by atoms with Crippen molar-refractivity contribution in [2.24, 2.45) is 0 Å². The quantitative estimate of drug-likeness (QED) is 0.177. The minimum atomic E-state index is 1.14. The van der Waals surface area contributed by atoms with Gasteiger partial charge in [0.05, 0.1) is 22.1 Å². The first-order valence-corrected chi connectivity index (χ1v) is 18.3. The molecule has 0 aliphatic rings. The van der Waals surface area contributed by atoms with Crippen molar-refractivity contribution < 1.29 is 0 Å². The Morgan fingerprint density at radius 3 is 1.69 bits per heavy atom. The van der Waals surface area contributed by atoms with Crippen molar-refractivity contribution in [3.8, 4) is 33.6 Å². The molecule has 3 heteroatoms. The second-order valence-corrected chi connectivity index (χ2v) is 14.4. The van der Waals surface area contributed by atoms with Crippen molar-refractivity contribution in [1.82, 2.24) is 9.13 Å². The van der Waals surface area contributed by atoms with Gasteiger partial charge in [-0.15, -0.1) is 11.3 Å². The molecule has 0 unspecified atom stereocenters. The zero-order valence-electron chi connectivity index (χ0n) is 27.6. The maximum atomic E-state index is 2.50. The molecule has 238 valence electrons. The lowest BCUT2D eigenvalue weighted by molar-refractivity contribution is 1.15. The summed E-state index contributed by atoms with van der Waals surface area (Å²) in [6, 6.07) is 66.6. The normalized spacial score (nSPS) is 11.9. The Morgan fingerprint density at radius 1 is 0.333 bits per heavy atom. The van der Waals surface area contributed by atoms with Gasteiger partial charge in [0.15, 0.2) is 0 Å². The van der Waals surface area contributed by atoms with E-state index >= 15 is 0 Å². The topological polar surface area (TPSA) is 9.86 Å². The van der Waals surface area contributed by atoms with Crippen LogP contribution in [-0.4, -0.2) is 9.13 Å². The first kappa shape index (κ1) is 28.4. The van der Waals surface area contributed by atoms with Crippen LogP contribution in [-0.2, 0) is 0 Å². The molecule has 0 aliphatic carbocycles. The summed E-state index contributed by atoms with van der Waals surface area (Å²) >= 11 is 1.88. The van der Waals surface area contributed by atoms with Crippen LogP contribution in [0.15, 0.2) is 182 Å². The molecule has 0 amide bonds. The monoisotopic (exact) mass is 666 g/mol. The Bertz CT molecular complexity index is 3110. The molecule has 8 aromatic carbocycles. The highest BCUT2D eigenvalue weighted by molar-refractivity contribution is 7.26. The summed E-state index contributed by atoms with van der Waals surface area (Å²) < 4.78 is 7.62. The second-order valence-electron chi connectivity index (χ2n) is 13.3. The number of hydrogen-bond donors (Lipinski definition) is 0. The third-order valence-corrected chi connectivity index (χ3v) is 11.7. The fourth-order valence-corrected chi connectivity index (χ4v) is 9.48. The fourth-order valence-electron chi connectivity index (χ4n) is 8.24. The van der Waals surface area contributed by atoms with Crippen molar-refractivity contribution in [3.05, 3.63) is 182 Å². The molecule has 0 N–H and O–H groups in total. The van der Waals surface area contributed by atoms with Crippen LogP contribution in [0.25, 0.3) is 97.4 Å². The molecular formula is C48H30N2S. The van der Waals surface area contributed by atoms with E-state index < -0.39 is 0 Å². The van der Waals surface area contributed by atoms with Gasteiger partial charge in [-0.1, -0.05) is 140 Å². The van der Waals surface area contributed by atoms with Crippen LogP contribution in [0.3, 0.4) is 0 Å². The third kappa shape index (κ3) is 4.22. The van der Waals surface area contributed by atoms with Crippen LogP contribution in [0.5, 0.6) is 0 Å². The van der Waals surface area contributed by atoms with Gasteiger partial charge in [0.1, 0.15) is 0 Å². The number of nitrogens with zero attached hydrogens (tertiary/aromatic N) is 2. The molecular weight excluding hydrogens is 637 g/mol. The van der Waals surface area contributed by atoms with E-state index in [-0.39, 0.29) is 0 Å². The highest BCUT2D eigenvalue weighted by Gasteiger charge is 2.22. The molecule has 51 heavy (non-hydrogen) atoms. The third-order valence-electron chi connectivity index (χ3n) is 10.5. The average Bonchev–Trinajstić information content (AvgIpc) is 3.86. The molecule has 0 saturated heterocycles. The summed E-state index contributed by atoms with van der Waals surface area (Å²) in [5, 5.41) is 7.65. The van der Waals surface area contributed by atoms with E-state index in [1.165, 1.54) is 86.0 Å². The molecule has 2 nitrogen and oxygen atoms in total. The number of para-hydroxylation sites is 2. The molecule has 0 fully saturated rings. The van der Waals surface area contributed by atoms with E-state index in [0.717, 1.165) is 11.4 Å². The van der Waals surface area contributed by atoms with E-state index in [4.69, 9.17) is 0 Å². The van der Waals surface area contributed by atoms with Crippen molar-refractivity contribution in [3.63, 3.8) is 0 Å². The van der Waals surface area contributed by atoms with Gasteiger partial charge in [-0.25, -0.2) is 0 Å². The Labute approximate surface area is 298 Å². The van der Waals surface area contributed by atoms with Crippen LogP contribution in [0, 0.1) is 0 Å². The molecule has 0 aliphatic heterocycles. The summed E-state index contributed by atoms with van der Waals surface area (Å²) in [7, 11) is 0. The molecule has 0 bridgehead atoms. The Balaban J connectivity index is 1.22. The predicted octanol–water partition coefficient (Wildman–Crippen LogP) is 13.6. The lowest BCUT2D eigenvalue weighted by Gasteiger charge is -2.13. The van der Waals surface area contributed by atoms with Gasteiger partial charge < -0.3 is 9.13 Å². The second kappa shape index (κ2) is 11.0. The number of fused-ring (bicyclic) bond motifs is 10. The van der Waals surface area contributed by atoms with Gasteiger partial charge in [0, 0.05) is 53.1 Å². The Kier molecular flexibility index (Phi) is 6.16. The summed E-state index contributed by atoms with van der Waals surface area (Å²) in [6.07, 6.45) is 0. The zero-order valence-corrected chi connectivity index (χ0v) is 28.4. The van der Waals surface area contributed by atoms with Crippen molar-refractivity contribution in [2.45, 2.75) is 0 Å². The average molecular weight is 667 g/mol. The van der Waals surface area contributed by atoms with E-state index in [1.807, 2.05) is 11.3 Å². The highest BCUT2D eigenvalue weighted by atomic mass is 32.1. The van der Waals surface area contributed by atoms with Gasteiger partial charge in [0.2, 0.25) is 0 Å². The van der Waals surface area contributed by atoms with E-state index in [1.54, 1.807) is 0 Å². The minimum absolute atomic E-state index is 1.14. The summed E-state index contributed by atoms with van der Waals surface area (Å²) in [4.78, 5) is 0. The van der Waals surface area contributed by atoms with Gasteiger partial charge in [-0.05, 0) is 64.7 Å². The van der Waals surface area contributed by atoms with E-state index in [0.29, 0.717) is 0 Å². The van der Waals surface area contributed by atoms with Crippen molar-refractivity contribution in [1.29, 1.82) is 0 Å². The molecule has 0 atom stereocenters. The number of benzene rings is 8. The van der Waals surface area contributed by atoms with Gasteiger partial charge >= 0.3 is 0 Å². The molecule has 0 saturated carbocycles. The molecule has 0 radical (unpaired) electrons. The number of aromatic nitrogens is 2. The lowest BCUT2D eigenvalue weighted by atomic mass is 10.0. The molecule has 3 heterocycles. The lowest BCUT2D eigenvalue weighted by Crippen LogP contribution is -1.98. The van der Waals surface area contributed by atoms with Crippen molar-refractivity contribution in [2.75, 3.05) is 0 Å². The zero-order chi connectivity index (χ0) is 33.5. The Morgan fingerprint density at radius 2 is 0.902 bits per heavy atom. The number of rotatable bonds is 4. The van der Waals surface area contributed by atoms with Crippen LogP contribution in [0.1, 0.15) is 0 Å². The summed E-state index contributed by atoms with van der Waals surface area (Å²) in [5.74, 6) is 0. The maximum absolute atomic E-state index is 2.50. The van der Waals surface area contributed by atoms with Gasteiger partial charge in [0.25, 0.3) is 0 Å². The molecule has 0 spiro atoms. The van der Waals surface area contributed by atoms with Crippen LogP contribution >= 0.6 is 11.3 Å². The fraction of sp³-hybridized carbons (Fsp3) is 0. The molecule has 3 aromatic heterocycles. The first-order valence-electron chi connectivity index (χ1n) is 17.4. The van der Waals surface area contributed by atoms with Gasteiger partial charge in [-0.3, -0.25) is 0 Å². The largest absolute Gasteiger partial charge is 0.307 e. The summed E-state index contributed by atoms with van der Waals surface area (Å²) in [6.45, 7) is 0. The first-order chi connectivity index (χ1) is 25.3. The smallest absolute Gasteiger partial charge is 0.0788 e. The van der Waals surface area contributed by atoms with E-state index in [9.17, 15) is 0 Å². The van der Waals surface area contributed by atoms with Crippen molar-refractivity contribution >= 4 is 75.1 Å². The standard InChI is InChI=1S/C48H30N2S/c1-3-12-31(13-4-1)33-24-27-38-41-29-28-40-37-16-7-9-20-43(37)49(34-14-5-2-6-15-34)46(40)47(41)50(44(38)30-33)35-25-22-32(23-26-35)36-18-11-19-42-39-17-8-10-21-45(39)51-48(36)42/h1-30H. The van der Waals surface area contributed by atoms with Crippen LogP contribution in [0.2, 0.25) is 0 Å². The summed E-state index contributed by atoms with van der Waals surface area (Å²) in [5.41, 5.74) is 12.1. The Hall–Kier alpha value is -6.42. The van der Waals surface area contributed by atoms with Gasteiger partial charge in [-0.2, -0.15) is 0 Å². The maximum Gasteiger partial charge on any atom is 0.0788 e. The SMILES string of the molecule is c1ccc(-c2ccc3c4ccc5c6ccccc6n(-c6ccccc6)c5c4n(-c4ccc(-c5cccc6c5sc5ccccc56)cc4)c3c2)cc1.